The van der Waals surface area contributed by atoms with Gasteiger partial charge in [0.15, 0.2) is 0 Å². The lowest BCUT2D eigenvalue weighted by Gasteiger charge is -2.38. The van der Waals surface area contributed by atoms with E-state index in [1.807, 2.05) is 0 Å². The van der Waals surface area contributed by atoms with E-state index in [1.165, 1.54) is 24.3 Å². The Bertz CT molecular complexity index is 1360. The Kier molecular flexibility index (Phi) is 1.75. The Balaban J connectivity index is 2.53. The summed E-state index contributed by atoms with van der Waals surface area (Å²) in [6, 6.07) is -3.36. The fourth-order valence-corrected chi connectivity index (χ4v) is 1.98. The number of nitrogens with zero attached hydrogens (tertiary/aromatic N) is 2. The average molecular weight is 342 g/mol. The number of hydrogen-bond acceptors (Lipinski definition) is 2. The van der Waals surface area contributed by atoms with Crippen LogP contribution in [-0.4, -0.2) is 29.8 Å². The number of likely N-dealkylation sites (tertiary alicyclic amines) is 1. The summed E-state index contributed by atoms with van der Waals surface area (Å²) in [7, 11) is 0. The minimum absolute atomic E-state index is 0.116. The van der Waals surface area contributed by atoms with E-state index < -0.39 is 98.2 Å². The zero-order chi connectivity index (χ0) is 33.5. The fourth-order valence-electron chi connectivity index (χ4n) is 1.98. The van der Waals surface area contributed by atoms with Gasteiger partial charge in [0.25, 0.3) is 0 Å². The van der Waals surface area contributed by atoms with Crippen molar-refractivity contribution in [1.82, 2.24) is 4.90 Å². The molecule has 0 atom stereocenters. The van der Waals surface area contributed by atoms with Gasteiger partial charge < -0.3 is 4.90 Å². The van der Waals surface area contributed by atoms with E-state index in [9.17, 15) is 4.79 Å². The first-order valence-corrected chi connectivity index (χ1v) is 6.90. The number of anilines is 1. The van der Waals surface area contributed by atoms with Crippen LogP contribution in [0.1, 0.15) is 57.6 Å². The summed E-state index contributed by atoms with van der Waals surface area (Å²) in [6.45, 7) is -12.2. The summed E-state index contributed by atoms with van der Waals surface area (Å²) in [4.78, 5) is 13.3. The van der Waals surface area contributed by atoms with Crippen molar-refractivity contribution in [3.63, 3.8) is 0 Å². The molecule has 0 N–H and O–H groups in total. The van der Waals surface area contributed by atoms with Crippen LogP contribution in [0.25, 0.3) is 0 Å². The van der Waals surface area contributed by atoms with Gasteiger partial charge in [0.05, 0.1) is 8.22 Å². The fraction of sp³-hybridized carbons (Fsp3) is 0.381. The van der Waals surface area contributed by atoms with Crippen LogP contribution in [0.4, 0.5) is 5.69 Å². The van der Waals surface area contributed by atoms with Crippen LogP contribution < -0.4 is 4.90 Å². The summed E-state index contributed by atoms with van der Waals surface area (Å²) in [5.41, 5.74) is -1.37. The van der Waals surface area contributed by atoms with E-state index >= 15 is 0 Å². The molecule has 24 heavy (non-hydrogen) atoms. The third kappa shape index (κ3) is 4.04. The minimum Gasteiger partial charge on any atom is -0.309 e. The van der Waals surface area contributed by atoms with Crippen molar-refractivity contribution in [2.24, 2.45) is 0 Å². The second-order valence-electron chi connectivity index (χ2n) is 4.63. The number of para-hydroxylation sites is 1. The van der Waals surface area contributed by atoms with E-state index in [2.05, 4.69) is 0 Å². The number of carbonyl (C=O) groups excluding carboxylic acids is 1. The molecule has 1 amide bonds. The molecule has 1 saturated heterocycles. The number of carbonyl (C=O) groups is 1. The monoisotopic (exact) mass is 341 g/mol. The number of hydrogen-bond donors (Lipinski definition) is 0. The van der Waals surface area contributed by atoms with Crippen LogP contribution in [0.3, 0.4) is 0 Å². The maximum absolute atomic E-state index is 13.8. The number of benzene rings is 2. The van der Waals surface area contributed by atoms with Crippen molar-refractivity contribution in [1.29, 1.82) is 0 Å². The highest BCUT2D eigenvalue weighted by atomic mass is 16.2. The largest absolute Gasteiger partial charge is 0.309 e. The van der Waals surface area contributed by atoms with Crippen molar-refractivity contribution in [2.75, 3.05) is 17.9 Å². The van der Waals surface area contributed by atoms with Crippen molar-refractivity contribution in [2.45, 2.75) is 38.5 Å². The third-order valence-electron chi connectivity index (χ3n) is 3.05. The van der Waals surface area contributed by atoms with E-state index in [1.54, 1.807) is 6.07 Å². The molecule has 0 aromatic heterocycles. The quantitative estimate of drug-likeness (QED) is 0.817. The van der Waals surface area contributed by atoms with Crippen molar-refractivity contribution < 1.29 is 30.8 Å². The second kappa shape index (κ2) is 8.11. The summed E-state index contributed by atoms with van der Waals surface area (Å²) in [6.07, 6.45) is -12.4. The molecule has 1 fully saturated rings. The predicted molar refractivity (Wildman–Crippen MR) is 99.0 cm³/mol. The molecular weight excluding hydrogens is 296 g/mol. The first-order chi connectivity index (χ1) is 19.2. The van der Waals surface area contributed by atoms with Crippen LogP contribution >= 0.6 is 0 Å². The van der Waals surface area contributed by atoms with Gasteiger partial charge in [-0.3, -0.25) is 9.69 Å². The summed E-state index contributed by atoms with van der Waals surface area (Å²) in [5, 5.41) is 0. The average Bonchev–Trinajstić information content (AvgIpc) is 2.89. The minimum atomic E-state index is -4.36. The smallest absolute Gasteiger partial charge is 0.226 e. The highest BCUT2D eigenvalue weighted by Crippen LogP contribution is 2.25. The van der Waals surface area contributed by atoms with Gasteiger partial charge in [-0.1, -0.05) is 55.3 Å². The molecule has 0 aliphatic carbocycles. The SMILES string of the molecule is [2H]c1c([2H])c([2H])c(N(C(=O)C([2H])([2H])C([2H])([2H])[2H])C2([2H])C([2H])([2H])C([2H])([2H])N(Cc3ccccc3)C([2H])([2H])C2([2H])[2H])c([2H])c1[2H]. The number of piperidine rings is 1. The summed E-state index contributed by atoms with van der Waals surface area (Å²) >= 11 is 0. The standard InChI is InChI=1S/C21H26N2O/c1-2-21(24)23(19-11-7-4-8-12-19)20-13-15-22(16-14-20)17-18-9-5-3-6-10-18/h3-12,20H,2,13-17H2,1H3/i1D3,2D2,4D,7D,8D,11D,12D,13D2,14D2,15D2,16D2,20D. The molecule has 1 aliphatic rings. The van der Waals surface area contributed by atoms with E-state index in [-0.39, 0.29) is 10.5 Å². The van der Waals surface area contributed by atoms with Gasteiger partial charge >= 0.3 is 0 Å². The predicted octanol–water partition coefficient (Wildman–Crippen LogP) is 4.09. The van der Waals surface area contributed by atoms with Gasteiger partial charge in [0, 0.05) is 55.4 Å². The lowest BCUT2D eigenvalue weighted by molar-refractivity contribution is -0.119. The highest BCUT2D eigenvalue weighted by Gasteiger charge is 2.28. The molecule has 1 aliphatic heterocycles. The van der Waals surface area contributed by atoms with Crippen molar-refractivity contribution in [3.05, 3.63) is 66.1 Å². The Morgan fingerprint density at radius 3 is 2.71 bits per heavy atom. The van der Waals surface area contributed by atoms with E-state index in [0.29, 0.717) is 0 Å². The molecule has 126 valence electrons. The van der Waals surface area contributed by atoms with Crippen LogP contribution in [0.15, 0.2) is 60.5 Å². The Morgan fingerprint density at radius 1 is 1.33 bits per heavy atom. The van der Waals surface area contributed by atoms with Crippen LogP contribution in [0.2, 0.25) is 0 Å². The van der Waals surface area contributed by atoms with Gasteiger partial charge in [0.2, 0.25) is 5.91 Å². The molecule has 0 unspecified atom stereocenters. The molecule has 0 bridgehead atoms. The number of rotatable bonds is 5. The molecule has 0 spiro atoms. The first-order valence-electron chi connectivity index (χ1n) is 16.4. The van der Waals surface area contributed by atoms with Gasteiger partial charge in [-0.15, -0.1) is 0 Å². The van der Waals surface area contributed by atoms with Crippen LogP contribution in [-0.2, 0) is 11.3 Å². The lowest BCUT2D eigenvalue weighted by atomic mass is 10.0. The van der Waals surface area contributed by atoms with Crippen molar-refractivity contribution >= 4 is 11.6 Å². The molecule has 0 saturated carbocycles. The van der Waals surface area contributed by atoms with Gasteiger partial charge in [0.1, 0.15) is 0 Å². The molecular formula is C21H26N2O. The highest BCUT2D eigenvalue weighted by molar-refractivity contribution is 5.93. The molecule has 3 heteroatoms. The van der Waals surface area contributed by atoms with Gasteiger partial charge in [-0.05, 0) is 30.4 Å². The molecule has 2 aromatic carbocycles. The van der Waals surface area contributed by atoms with Crippen LogP contribution in [0, 0.1) is 0 Å². The zero-order valence-corrected chi connectivity index (χ0v) is 12.4. The first kappa shape index (κ1) is 5.18. The van der Waals surface area contributed by atoms with Crippen molar-refractivity contribution in [3.8, 4) is 0 Å². The third-order valence-corrected chi connectivity index (χ3v) is 3.05. The Hall–Kier alpha value is -2.13. The van der Waals surface area contributed by atoms with Gasteiger partial charge in [-0.25, -0.2) is 0 Å². The Morgan fingerprint density at radius 2 is 2.04 bits per heavy atom. The molecule has 3 nitrogen and oxygen atoms in total. The van der Waals surface area contributed by atoms with Crippen LogP contribution in [0.5, 0.6) is 0 Å². The molecule has 2 aromatic rings. The second-order valence-corrected chi connectivity index (χ2v) is 4.63. The normalized spacial score (nSPS) is 38.4. The van der Waals surface area contributed by atoms with E-state index in [0.717, 1.165) is 0 Å². The number of amides is 1. The Labute approximate surface area is 171 Å². The molecule has 1 heterocycles. The lowest BCUT2D eigenvalue weighted by Crippen LogP contribution is -2.47. The maximum Gasteiger partial charge on any atom is 0.226 e. The van der Waals surface area contributed by atoms with E-state index in [4.69, 9.17) is 26.0 Å². The molecule has 3 rings (SSSR count). The topological polar surface area (TPSA) is 23.6 Å². The van der Waals surface area contributed by atoms with Gasteiger partial charge in [-0.2, -0.15) is 0 Å². The maximum atomic E-state index is 13.8. The molecule has 0 radical (unpaired) electrons. The summed E-state index contributed by atoms with van der Waals surface area (Å²) < 4.78 is 158. The zero-order valence-electron chi connectivity index (χ0n) is 31.4. The summed E-state index contributed by atoms with van der Waals surface area (Å²) in [5.74, 6) is -2.49.